The number of thiophene rings is 1. The van der Waals surface area contributed by atoms with Gasteiger partial charge in [0.25, 0.3) is 5.56 Å². The minimum absolute atomic E-state index is 0.270. The normalized spacial score (nSPS) is 13.7. The lowest BCUT2D eigenvalue weighted by atomic mass is 10.2. The van der Waals surface area contributed by atoms with E-state index in [0.29, 0.717) is 20.9 Å². The molecule has 0 radical (unpaired) electrons. The molecule has 0 atom stereocenters. The number of aryl methyl sites for hydroxylation is 2. The zero-order valence-electron chi connectivity index (χ0n) is 11.3. The van der Waals surface area contributed by atoms with Gasteiger partial charge in [-0.3, -0.25) is 9.78 Å². The van der Waals surface area contributed by atoms with Crippen molar-refractivity contribution in [3.8, 4) is 5.69 Å². The van der Waals surface area contributed by atoms with Crippen molar-refractivity contribution in [2.75, 3.05) is 0 Å². The van der Waals surface area contributed by atoms with Gasteiger partial charge in [0.1, 0.15) is 4.83 Å². The second-order valence-corrected chi connectivity index (χ2v) is 7.18. The van der Waals surface area contributed by atoms with Crippen LogP contribution in [0, 0.1) is 0 Å². The van der Waals surface area contributed by atoms with Gasteiger partial charge in [-0.05, 0) is 43.0 Å². The second-order valence-electron chi connectivity index (χ2n) is 5.23. The quantitative estimate of drug-likeness (QED) is 0.728. The lowest BCUT2D eigenvalue weighted by Crippen LogP contribution is -2.33. The van der Waals surface area contributed by atoms with Crippen LogP contribution in [0.5, 0.6) is 0 Å². The zero-order valence-corrected chi connectivity index (χ0v) is 13.6. The highest BCUT2D eigenvalue weighted by molar-refractivity contribution is 7.18. The second kappa shape index (κ2) is 4.98. The molecule has 0 saturated carbocycles. The number of nitrogens with one attached hydrogen (secondary N) is 1. The first-order chi connectivity index (χ1) is 10.6. The predicted molar refractivity (Wildman–Crippen MR) is 90.1 cm³/mol. The Balaban J connectivity index is 2.10. The molecule has 7 heteroatoms. The van der Waals surface area contributed by atoms with Crippen LogP contribution in [-0.2, 0) is 12.8 Å². The van der Waals surface area contributed by atoms with E-state index in [1.807, 2.05) is 0 Å². The van der Waals surface area contributed by atoms with E-state index < -0.39 is 5.69 Å². The van der Waals surface area contributed by atoms with Gasteiger partial charge < -0.3 is 0 Å². The lowest BCUT2D eigenvalue weighted by molar-refractivity contribution is 0.894. The molecule has 2 aromatic heterocycles. The van der Waals surface area contributed by atoms with Crippen LogP contribution >= 0.6 is 34.5 Å². The van der Waals surface area contributed by atoms with Gasteiger partial charge >= 0.3 is 5.69 Å². The maximum absolute atomic E-state index is 12.9. The van der Waals surface area contributed by atoms with Crippen LogP contribution in [-0.4, -0.2) is 9.55 Å². The first-order valence-corrected chi connectivity index (χ1v) is 8.38. The molecule has 1 N–H and O–H groups in total. The third-order valence-electron chi connectivity index (χ3n) is 3.91. The first kappa shape index (κ1) is 14.1. The fourth-order valence-corrected chi connectivity index (χ4v) is 4.72. The minimum Gasteiger partial charge on any atom is -0.298 e. The van der Waals surface area contributed by atoms with Crippen LogP contribution in [0.15, 0.2) is 27.8 Å². The molecule has 0 spiro atoms. The molecular formula is C15H10Cl2N2O2S. The molecule has 2 heterocycles. The Bertz CT molecular complexity index is 1030. The molecule has 112 valence electrons. The monoisotopic (exact) mass is 352 g/mol. The largest absolute Gasteiger partial charge is 0.334 e. The average Bonchev–Trinajstić information content (AvgIpc) is 3.00. The third-order valence-corrected chi connectivity index (χ3v) is 5.66. The van der Waals surface area contributed by atoms with E-state index in [9.17, 15) is 9.59 Å². The highest BCUT2D eigenvalue weighted by atomic mass is 35.5. The molecule has 22 heavy (non-hydrogen) atoms. The summed E-state index contributed by atoms with van der Waals surface area (Å²) in [6, 6.07) is 4.71. The number of nitrogens with zero attached hydrogens (tertiary/aromatic N) is 1. The number of H-pyrrole nitrogens is 1. The maximum Gasteiger partial charge on any atom is 0.334 e. The van der Waals surface area contributed by atoms with Crippen LogP contribution in [0.25, 0.3) is 15.9 Å². The molecule has 0 fully saturated rings. The molecule has 1 aliphatic rings. The van der Waals surface area contributed by atoms with Crippen molar-refractivity contribution >= 4 is 44.8 Å². The van der Waals surface area contributed by atoms with E-state index in [2.05, 4.69) is 4.98 Å². The Hall–Kier alpha value is -1.56. The Morgan fingerprint density at radius 2 is 2.00 bits per heavy atom. The maximum atomic E-state index is 12.9. The summed E-state index contributed by atoms with van der Waals surface area (Å²) in [6.07, 6.45) is 2.90. The summed E-state index contributed by atoms with van der Waals surface area (Å²) in [4.78, 5) is 29.9. The summed E-state index contributed by atoms with van der Waals surface area (Å²) < 4.78 is 1.09. The van der Waals surface area contributed by atoms with E-state index in [-0.39, 0.29) is 10.6 Å². The minimum atomic E-state index is -0.485. The number of hydrogen-bond acceptors (Lipinski definition) is 3. The van der Waals surface area contributed by atoms with Crippen LogP contribution in [0.1, 0.15) is 16.9 Å². The molecule has 0 aliphatic heterocycles. The smallest absolute Gasteiger partial charge is 0.298 e. The Morgan fingerprint density at radius 1 is 1.18 bits per heavy atom. The Kier molecular flexibility index (Phi) is 3.18. The fourth-order valence-electron chi connectivity index (χ4n) is 2.96. The van der Waals surface area contributed by atoms with Crippen LogP contribution in [0.4, 0.5) is 0 Å². The van der Waals surface area contributed by atoms with Gasteiger partial charge in [0.2, 0.25) is 0 Å². The van der Waals surface area contributed by atoms with Crippen LogP contribution in [0.2, 0.25) is 10.0 Å². The Labute approximate surface area is 138 Å². The van der Waals surface area contributed by atoms with E-state index in [1.54, 1.807) is 12.1 Å². The summed E-state index contributed by atoms with van der Waals surface area (Å²) >= 11 is 13.5. The summed E-state index contributed by atoms with van der Waals surface area (Å²) in [5, 5.41) is 1.34. The van der Waals surface area contributed by atoms with E-state index in [0.717, 1.165) is 29.4 Å². The van der Waals surface area contributed by atoms with E-state index >= 15 is 0 Å². The molecule has 3 aromatic rings. The average molecular weight is 353 g/mol. The topological polar surface area (TPSA) is 54.9 Å². The number of rotatable bonds is 1. The van der Waals surface area contributed by atoms with E-state index in [1.165, 1.54) is 22.3 Å². The molecule has 0 unspecified atom stereocenters. The van der Waals surface area contributed by atoms with Crippen LogP contribution < -0.4 is 11.2 Å². The van der Waals surface area contributed by atoms with Crippen molar-refractivity contribution in [3.05, 3.63) is 59.5 Å². The summed E-state index contributed by atoms with van der Waals surface area (Å²) in [6.45, 7) is 0. The molecule has 0 amide bonds. The van der Waals surface area contributed by atoms with Gasteiger partial charge in [-0.1, -0.05) is 23.2 Å². The number of halogens is 2. The number of aromatic amines is 1. The number of benzene rings is 1. The fraction of sp³-hybridized carbons (Fsp3) is 0.200. The standard InChI is InChI=1S/C15H10Cl2N2O2S/c16-7-4-5-10(9(17)6-7)19-14(20)12-8-2-1-3-11(8)22-13(12)18-15(19)21/h4-6H,1-3H2,(H,18,21). The van der Waals surface area contributed by atoms with Gasteiger partial charge in [-0.25, -0.2) is 9.36 Å². The molecule has 1 aliphatic carbocycles. The van der Waals surface area contributed by atoms with Crippen molar-refractivity contribution in [2.24, 2.45) is 0 Å². The molecule has 4 nitrogen and oxygen atoms in total. The van der Waals surface area contributed by atoms with Crippen LogP contribution in [0.3, 0.4) is 0 Å². The summed E-state index contributed by atoms with van der Waals surface area (Å²) in [5.41, 5.74) is 0.612. The zero-order chi connectivity index (χ0) is 15.4. The predicted octanol–water partition coefficient (Wildman–Crippen LogP) is 3.54. The number of hydrogen-bond donors (Lipinski definition) is 1. The molecule has 0 bridgehead atoms. The van der Waals surface area contributed by atoms with Crippen molar-refractivity contribution in [2.45, 2.75) is 19.3 Å². The van der Waals surface area contributed by atoms with Crippen molar-refractivity contribution in [3.63, 3.8) is 0 Å². The first-order valence-electron chi connectivity index (χ1n) is 6.81. The van der Waals surface area contributed by atoms with Gasteiger partial charge in [0.15, 0.2) is 0 Å². The van der Waals surface area contributed by atoms with Gasteiger partial charge in [0.05, 0.1) is 16.1 Å². The van der Waals surface area contributed by atoms with Gasteiger partial charge in [-0.2, -0.15) is 0 Å². The van der Waals surface area contributed by atoms with Crippen molar-refractivity contribution in [1.82, 2.24) is 9.55 Å². The number of aromatic nitrogens is 2. The summed E-state index contributed by atoms with van der Waals surface area (Å²) in [7, 11) is 0. The van der Waals surface area contributed by atoms with Crippen molar-refractivity contribution in [1.29, 1.82) is 0 Å². The van der Waals surface area contributed by atoms with Gasteiger partial charge in [-0.15, -0.1) is 11.3 Å². The molecular weight excluding hydrogens is 343 g/mol. The highest BCUT2D eigenvalue weighted by Crippen LogP contribution is 2.34. The molecule has 4 rings (SSSR count). The highest BCUT2D eigenvalue weighted by Gasteiger charge is 2.22. The van der Waals surface area contributed by atoms with Gasteiger partial charge in [0, 0.05) is 9.90 Å². The SMILES string of the molecule is O=c1[nH]c2sc3c(c2c(=O)n1-c1ccc(Cl)cc1Cl)CCC3. The number of fused-ring (bicyclic) bond motifs is 3. The Morgan fingerprint density at radius 3 is 2.77 bits per heavy atom. The third kappa shape index (κ3) is 1.96. The molecule has 1 aromatic carbocycles. The molecule has 0 saturated heterocycles. The van der Waals surface area contributed by atoms with Crippen molar-refractivity contribution < 1.29 is 0 Å². The lowest BCUT2D eigenvalue weighted by Gasteiger charge is -2.07. The van der Waals surface area contributed by atoms with E-state index in [4.69, 9.17) is 23.2 Å². The summed E-state index contributed by atoms with van der Waals surface area (Å²) in [5.74, 6) is 0.